The fourth-order valence-corrected chi connectivity index (χ4v) is 5.39. The van der Waals surface area contributed by atoms with Gasteiger partial charge in [0.1, 0.15) is 0 Å². The Bertz CT molecular complexity index is 633. The lowest BCUT2D eigenvalue weighted by molar-refractivity contribution is -0.154. The zero-order valence-electron chi connectivity index (χ0n) is 17.0. The van der Waals surface area contributed by atoms with Gasteiger partial charge in [-0.15, -0.1) is 0 Å². The van der Waals surface area contributed by atoms with E-state index in [1.807, 2.05) is 0 Å². The molecule has 0 saturated heterocycles. The van der Waals surface area contributed by atoms with Gasteiger partial charge in [-0.05, 0) is 79.9 Å². The zero-order valence-corrected chi connectivity index (χ0v) is 17.0. The van der Waals surface area contributed by atoms with Crippen molar-refractivity contribution in [3.05, 3.63) is 29.3 Å². The maximum Gasteiger partial charge on any atom is 0.422 e. The number of hydrogen-bond acceptors (Lipinski definition) is 1. The van der Waals surface area contributed by atoms with Crippen LogP contribution in [0.5, 0.6) is 5.75 Å². The van der Waals surface area contributed by atoms with Gasteiger partial charge in [-0.1, -0.05) is 32.6 Å². The third kappa shape index (κ3) is 6.08. The molecule has 0 spiro atoms. The standard InChI is InChI=1S/C23H31F5O/c1-2-3-15-4-6-16(7-5-15)17-8-10-18(11-9-17)19-12-20(24)22(21(25)13-19)29-14-23(26,27)28/h12-13,15-18H,2-11,14H2,1H3/t15-,16-,17-,18-. The van der Waals surface area contributed by atoms with E-state index in [4.69, 9.17) is 0 Å². The van der Waals surface area contributed by atoms with Crippen LogP contribution in [0.3, 0.4) is 0 Å². The molecule has 0 atom stereocenters. The van der Waals surface area contributed by atoms with Gasteiger partial charge >= 0.3 is 6.18 Å². The van der Waals surface area contributed by atoms with Crippen LogP contribution in [0.15, 0.2) is 12.1 Å². The summed E-state index contributed by atoms with van der Waals surface area (Å²) in [6, 6.07) is 2.30. The normalized spacial score (nSPS) is 28.3. The Morgan fingerprint density at radius 3 is 1.86 bits per heavy atom. The Hall–Kier alpha value is -1.33. The maximum atomic E-state index is 14.2. The van der Waals surface area contributed by atoms with Crippen LogP contribution in [0.2, 0.25) is 0 Å². The summed E-state index contributed by atoms with van der Waals surface area (Å²) in [4.78, 5) is 0. The zero-order chi connectivity index (χ0) is 21.0. The Morgan fingerprint density at radius 2 is 1.38 bits per heavy atom. The first-order valence-electron chi connectivity index (χ1n) is 10.9. The van der Waals surface area contributed by atoms with E-state index in [2.05, 4.69) is 11.7 Å². The summed E-state index contributed by atoms with van der Waals surface area (Å²) < 4.78 is 69.4. The molecule has 2 aliphatic rings. The third-order valence-electron chi connectivity index (χ3n) is 6.90. The number of hydrogen-bond donors (Lipinski definition) is 0. The molecule has 0 radical (unpaired) electrons. The predicted octanol–water partition coefficient (Wildman–Crippen LogP) is 7.79. The van der Waals surface area contributed by atoms with E-state index in [0.717, 1.165) is 49.7 Å². The Morgan fingerprint density at radius 1 is 0.862 bits per heavy atom. The molecule has 164 valence electrons. The summed E-state index contributed by atoms with van der Waals surface area (Å²) in [5, 5.41) is 0. The molecule has 0 N–H and O–H groups in total. The van der Waals surface area contributed by atoms with Crippen LogP contribution in [0, 0.1) is 29.4 Å². The van der Waals surface area contributed by atoms with Gasteiger partial charge in [-0.2, -0.15) is 13.2 Å². The molecule has 2 aliphatic carbocycles. The van der Waals surface area contributed by atoms with Gasteiger partial charge in [0.2, 0.25) is 0 Å². The summed E-state index contributed by atoms with van der Waals surface area (Å²) in [6.45, 7) is 0.541. The summed E-state index contributed by atoms with van der Waals surface area (Å²) in [5.41, 5.74) is 0.532. The highest BCUT2D eigenvalue weighted by Gasteiger charge is 2.33. The van der Waals surface area contributed by atoms with Crippen molar-refractivity contribution in [1.29, 1.82) is 0 Å². The molecule has 3 rings (SSSR count). The minimum absolute atomic E-state index is 0.0587. The fourth-order valence-electron chi connectivity index (χ4n) is 5.39. The van der Waals surface area contributed by atoms with Gasteiger partial charge < -0.3 is 4.74 Å². The molecule has 0 amide bonds. The third-order valence-corrected chi connectivity index (χ3v) is 6.90. The highest BCUT2D eigenvalue weighted by atomic mass is 19.4. The van der Waals surface area contributed by atoms with Crippen molar-refractivity contribution in [3.63, 3.8) is 0 Å². The largest absolute Gasteiger partial charge is 0.478 e. The number of benzene rings is 1. The molecule has 0 heterocycles. The second-order valence-electron chi connectivity index (χ2n) is 8.90. The quantitative estimate of drug-likeness (QED) is 0.429. The second kappa shape index (κ2) is 9.65. The van der Waals surface area contributed by atoms with E-state index < -0.39 is 30.2 Å². The summed E-state index contributed by atoms with van der Waals surface area (Å²) >= 11 is 0. The molecular weight excluding hydrogens is 387 g/mol. The van der Waals surface area contributed by atoms with Gasteiger partial charge in [0.15, 0.2) is 24.0 Å². The lowest BCUT2D eigenvalue weighted by atomic mass is 9.68. The van der Waals surface area contributed by atoms with Gasteiger partial charge in [0.05, 0.1) is 0 Å². The average molecular weight is 418 g/mol. The van der Waals surface area contributed by atoms with Crippen LogP contribution in [-0.2, 0) is 0 Å². The van der Waals surface area contributed by atoms with Crippen LogP contribution in [-0.4, -0.2) is 12.8 Å². The van der Waals surface area contributed by atoms with Crippen molar-refractivity contribution in [1.82, 2.24) is 0 Å². The number of alkyl halides is 3. The van der Waals surface area contributed by atoms with Gasteiger partial charge in [0.25, 0.3) is 0 Å². The van der Waals surface area contributed by atoms with E-state index in [-0.39, 0.29) is 5.92 Å². The molecule has 29 heavy (non-hydrogen) atoms. The second-order valence-corrected chi connectivity index (χ2v) is 8.90. The highest BCUT2D eigenvalue weighted by molar-refractivity contribution is 5.33. The smallest absolute Gasteiger partial charge is 0.422 e. The molecular formula is C23H31F5O. The topological polar surface area (TPSA) is 9.23 Å². The molecule has 1 nitrogen and oxygen atoms in total. The Labute approximate surface area is 170 Å². The number of ether oxygens (including phenoxy) is 1. The minimum Gasteiger partial charge on any atom is -0.478 e. The molecule has 0 aromatic heterocycles. The van der Waals surface area contributed by atoms with Crippen LogP contribution in [0.1, 0.15) is 82.6 Å². The summed E-state index contributed by atoms with van der Waals surface area (Å²) in [7, 11) is 0. The predicted molar refractivity (Wildman–Crippen MR) is 103 cm³/mol. The summed E-state index contributed by atoms with van der Waals surface area (Å²) in [5.74, 6) is -0.640. The maximum absolute atomic E-state index is 14.2. The Kier molecular flexibility index (Phi) is 7.44. The first-order chi connectivity index (χ1) is 13.8. The fraction of sp³-hybridized carbons (Fsp3) is 0.739. The van der Waals surface area contributed by atoms with Crippen molar-refractivity contribution in [3.8, 4) is 5.75 Å². The number of rotatable bonds is 6. The van der Waals surface area contributed by atoms with E-state index in [1.54, 1.807) is 0 Å². The molecule has 2 saturated carbocycles. The van der Waals surface area contributed by atoms with Crippen molar-refractivity contribution in [2.45, 2.75) is 83.2 Å². The molecule has 1 aromatic carbocycles. The van der Waals surface area contributed by atoms with Gasteiger partial charge in [0, 0.05) is 0 Å². The van der Waals surface area contributed by atoms with E-state index in [9.17, 15) is 22.0 Å². The average Bonchev–Trinajstić information content (AvgIpc) is 2.67. The molecule has 6 heteroatoms. The molecule has 1 aromatic rings. The summed E-state index contributed by atoms with van der Waals surface area (Å²) in [6.07, 6.45) is 7.08. The molecule has 0 bridgehead atoms. The monoisotopic (exact) mass is 418 g/mol. The van der Waals surface area contributed by atoms with Crippen LogP contribution >= 0.6 is 0 Å². The van der Waals surface area contributed by atoms with Gasteiger partial charge in [-0.25, -0.2) is 8.78 Å². The Balaban J connectivity index is 1.54. The molecule has 2 fully saturated rings. The van der Waals surface area contributed by atoms with Crippen molar-refractivity contribution >= 4 is 0 Å². The first-order valence-corrected chi connectivity index (χ1v) is 10.9. The SMILES string of the molecule is CCC[C@H]1CC[C@H]([C@H]2CC[C@H](c3cc(F)c(OCC(F)(F)F)c(F)c3)CC2)CC1. The van der Waals surface area contributed by atoms with Crippen LogP contribution in [0.25, 0.3) is 0 Å². The van der Waals surface area contributed by atoms with Crippen LogP contribution < -0.4 is 4.74 Å². The highest BCUT2D eigenvalue weighted by Crippen LogP contribution is 2.45. The van der Waals surface area contributed by atoms with Crippen molar-refractivity contribution in [2.75, 3.05) is 6.61 Å². The lowest BCUT2D eigenvalue weighted by Crippen LogP contribution is -2.25. The first kappa shape index (κ1) is 22.4. The lowest BCUT2D eigenvalue weighted by Gasteiger charge is -2.38. The molecule has 0 unspecified atom stereocenters. The number of halogens is 5. The van der Waals surface area contributed by atoms with Crippen LogP contribution in [0.4, 0.5) is 22.0 Å². The van der Waals surface area contributed by atoms with Crippen molar-refractivity contribution in [2.24, 2.45) is 17.8 Å². The molecule has 0 aliphatic heterocycles. The van der Waals surface area contributed by atoms with Gasteiger partial charge in [-0.3, -0.25) is 0 Å². The van der Waals surface area contributed by atoms with E-state index in [1.165, 1.54) is 38.5 Å². The van der Waals surface area contributed by atoms with E-state index in [0.29, 0.717) is 11.5 Å². The minimum atomic E-state index is -4.63. The van der Waals surface area contributed by atoms with Crippen molar-refractivity contribution < 1.29 is 26.7 Å². The van der Waals surface area contributed by atoms with E-state index >= 15 is 0 Å².